The van der Waals surface area contributed by atoms with E-state index in [1.54, 1.807) is 0 Å². The summed E-state index contributed by atoms with van der Waals surface area (Å²) in [6, 6.07) is 0. The van der Waals surface area contributed by atoms with E-state index in [1.165, 1.54) is 6.42 Å². The Kier molecular flexibility index (Phi) is 1.00. The fraction of sp³-hybridized carbons (Fsp3) is 0.636. The normalized spacial score (nSPS) is 56.9. The molecule has 72 valence electrons. The minimum absolute atomic E-state index is 0.0234. The first-order valence-corrected chi connectivity index (χ1v) is 5.30. The first-order chi connectivity index (χ1) is 6.77. The molecule has 1 aliphatic heterocycles. The summed E-state index contributed by atoms with van der Waals surface area (Å²) < 4.78 is 0. The summed E-state index contributed by atoms with van der Waals surface area (Å²) in [6.45, 7) is 0. The van der Waals surface area contributed by atoms with Crippen molar-refractivity contribution in [1.82, 2.24) is 5.32 Å². The number of amides is 2. The third-order valence-electron chi connectivity index (χ3n) is 4.50. The Morgan fingerprint density at radius 1 is 1.00 bits per heavy atom. The quantitative estimate of drug-likeness (QED) is 0.441. The molecule has 0 aromatic carbocycles. The highest BCUT2D eigenvalue weighted by molar-refractivity contribution is 6.06. The molecular formula is C11H11NO2. The van der Waals surface area contributed by atoms with E-state index in [2.05, 4.69) is 17.5 Å². The van der Waals surface area contributed by atoms with Gasteiger partial charge in [0.1, 0.15) is 0 Å². The standard InChI is InChI=1S/C11H11NO2/c13-10-8-4-1-2-5(7-3-6(4)7)9(8)11(14)12-10/h1-2,4-9H,3H2,(H,12,13,14)/t4-,5-,6-,7+,8+,9-/m1/s1. The minimum Gasteiger partial charge on any atom is -0.296 e. The Morgan fingerprint density at radius 3 is 2.00 bits per heavy atom. The maximum atomic E-state index is 11.6. The molecule has 2 amide bonds. The number of allylic oxidation sites excluding steroid dienone is 2. The molecule has 3 heteroatoms. The minimum atomic E-state index is -0.0266. The van der Waals surface area contributed by atoms with Gasteiger partial charge in [0.2, 0.25) is 11.8 Å². The van der Waals surface area contributed by atoms with E-state index in [9.17, 15) is 9.59 Å². The molecule has 1 heterocycles. The van der Waals surface area contributed by atoms with E-state index in [0.717, 1.165) is 0 Å². The van der Waals surface area contributed by atoms with Gasteiger partial charge in [-0.05, 0) is 30.1 Å². The zero-order valence-electron chi connectivity index (χ0n) is 7.64. The van der Waals surface area contributed by atoms with Gasteiger partial charge in [-0.25, -0.2) is 0 Å². The van der Waals surface area contributed by atoms with Gasteiger partial charge < -0.3 is 0 Å². The van der Waals surface area contributed by atoms with Gasteiger partial charge in [0.25, 0.3) is 0 Å². The van der Waals surface area contributed by atoms with Gasteiger partial charge in [0.15, 0.2) is 0 Å². The molecule has 2 saturated carbocycles. The van der Waals surface area contributed by atoms with E-state index < -0.39 is 0 Å². The Morgan fingerprint density at radius 2 is 1.50 bits per heavy atom. The molecule has 1 saturated heterocycles. The third-order valence-corrected chi connectivity index (χ3v) is 4.50. The van der Waals surface area contributed by atoms with E-state index in [4.69, 9.17) is 0 Å². The number of hydrogen-bond acceptors (Lipinski definition) is 2. The summed E-state index contributed by atoms with van der Waals surface area (Å²) in [4.78, 5) is 23.2. The lowest BCUT2D eigenvalue weighted by molar-refractivity contribution is -0.126. The summed E-state index contributed by atoms with van der Waals surface area (Å²) in [7, 11) is 0. The van der Waals surface area contributed by atoms with Crippen molar-refractivity contribution in [2.45, 2.75) is 6.42 Å². The average Bonchev–Trinajstić information content (AvgIpc) is 2.92. The fourth-order valence-electron chi connectivity index (χ4n) is 3.88. The van der Waals surface area contributed by atoms with Crippen molar-refractivity contribution in [3.63, 3.8) is 0 Å². The van der Waals surface area contributed by atoms with Crippen LogP contribution in [0.2, 0.25) is 0 Å². The fourth-order valence-corrected chi connectivity index (χ4v) is 3.88. The van der Waals surface area contributed by atoms with Crippen LogP contribution in [-0.4, -0.2) is 11.8 Å². The van der Waals surface area contributed by atoms with Gasteiger partial charge >= 0.3 is 0 Å². The number of hydrogen-bond donors (Lipinski definition) is 1. The van der Waals surface area contributed by atoms with Crippen molar-refractivity contribution in [1.29, 1.82) is 0 Å². The number of imide groups is 1. The van der Waals surface area contributed by atoms with E-state index in [-0.39, 0.29) is 23.7 Å². The van der Waals surface area contributed by atoms with Crippen LogP contribution in [0.25, 0.3) is 0 Å². The maximum absolute atomic E-state index is 11.6. The molecule has 4 aliphatic carbocycles. The second kappa shape index (κ2) is 1.95. The van der Waals surface area contributed by atoms with Crippen LogP contribution in [0.5, 0.6) is 0 Å². The molecule has 0 unspecified atom stereocenters. The van der Waals surface area contributed by atoms with Crippen LogP contribution in [0, 0.1) is 35.5 Å². The van der Waals surface area contributed by atoms with Crippen molar-refractivity contribution in [2.24, 2.45) is 35.5 Å². The van der Waals surface area contributed by atoms with Crippen molar-refractivity contribution < 1.29 is 9.59 Å². The van der Waals surface area contributed by atoms with Crippen LogP contribution in [0.3, 0.4) is 0 Å². The van der Waals surface area contributed by atoms with Crippen molar-refractivity contribution in [3.8, 4) is 0 Å². The third kappa shape index (κ3) is 0.606. The molecule has 3 fully saturated rings. The zero-order valence-corrected chi connectivity index (χ0v) is 7.64. The molecule has 0 spiro atoms. The molecule has 6 atom stereocenters. The maximum Gasteiger partial charge on any atom is 0.231 e. The number of nitrogens with one attached hydrogen (secondary N) is 1. The predicted octanol–water partition coefficient (Wildman–Crippen LogP) is 0.327. The molecule has 14 heavy (non-hydrogen) atoms. The van der Waals surface area contributed by atoms with Gasteiger partial charge in [-0.3, -0.25) is 14.9 Å². The smallest absolute Gasteiger partial charge is 0.231 e. The van der Waals surface area contributed by atoms with Gasteiger partial charge in [-0.1, -0.05) is 12.2 Å². The van der Waals surface area contributed by atoms with Crippen LogP contribution in [-0.2, 0) is 9.59 Å². The first kappa shape index (κ1) is 7.21. The highest BCUT2D eigenvalue weighted by atomic mass is 16.2. The van der Waals surface area contributed by atoms with E-state index >= 15 is 0 Å². The lowest BCUT2D eigenvalue weighted by atomic mass is 9.63. The monoisotopic (exact) mass is 189 g/mol. The van der Waals surface area contributed by atoms with Gasteiger partial charge in [-0.15, -0.1) is 0 Å². The molecule has 5 rings (SSSR count). The highest BCUT2D eigenvalue weighted by Crippen LogP contribution is 2.64. The van der Waals surface area contributed by atoms with Gasteiger partial charge in [0, 0.05) is 0 Å². The van der Waals surface area contributed by atoms with Gasteiger partial charge in [0.05, 0.1) is 11.8 Å². The van der Waals surface area contributed by atoms with Crippen molar-refractivity contribution in [3.05, 3.63) is 12.2 Å². The van der Waals surface area contributed by atoms with E-state index in [1.807, 2.05) is 0 Å². The molecule has 1 N–H and O–H groups in total. The van der Waals surface area contributed by atoms with Crippen LogP contribution in [0.15, 0.2) is 12.2 Å². The Labute approximate surface area is 81.5 Å². The largest absolute Gasteiger partial charge is 0.296 e. The highest BCUT2D eigenvalue weighted by Gasteiger charge is 2.65. The predicted molar refractivity (Wildman–Crippen MR) is 47.8 cm³/mol. The summed E-state index contributed by atoms with van der Waals surface area (Å²) in [5.74, 6) is 2.05. The number of carbonyl (C=O) groups excluding carboxylic acids is 2. The average molecular weight is 189 g/mol. The number of rotatable bonds is 0. The van der Waals surface area contributed by atoms with Crippen LogP contribution in [0.4, 0.5) is 0 Å². The van der Waals surface area contributed by atoms with Crippen molar-refractivity contribution >= 4 is 11.8 Å². The summed E-state index contributed by atoms with van der Waals surface area (Å²) in [5, 5.41) is 2.48. The molecule has 5 aliphatic rings. The Bertz CT molecular complexity index is 353. The topological polar surface area (TPSA) is 46.2 Å². The van der Waals surface area contributed by atoms with E-state index in [0.29, 0.717) is 23.7 Å². The second-order valence-corrected chi connectivity index (χ2v) is 5.01. The molecule has 0 aromatic heterocycles. The van der Waals surface area contributed by atoms with Crippen LogP contribution in [0.1, 0.15) is 6.42 Å². The van der Waals surface area contributed by atoms with Crippen LogP contribution >= 0.6 is 0 Å². The summed E-state index contributed by atoms with van der Waals surface area (Å²) >= 11 is 0. The zero-order chi connectivity index (χ0) is 9.45. The van der Waals surface area contributed by atoms with Crippen LogP contribution < -0.4 is 5.32 Å². The van der Waals surface area contributed by atoms with Gasteiger partial charge in [-0.2, -0.15) is 0 Å². The molecule has 0 aromatic rings. The first-order valence-electron chi connectivity index (χ1n) is 5.30. The van der Waals surface area contributed by atoms with Crippen molar-refractivity contribution in [2.75, 3.05) is 0 Å². The number of carbonyl (C=O) groups is 2. The Hall–Kier alpha value is -1.12. The lowest BCUT2D eigenvalue weighted by Gasteiger charge is -2.37. The summed E-state index contributed by atoms with van der Waals surface area (Å²) in [6.07, 6.45) is 5.59. The second-order valence-electron chi connectivity index (χ2n) is 5.01. The Balaban J connectivity index is 1.88. The summed E-state index contributed by atoms with van der Waals surface area (Å²) in [5.41, 5.74) is 0. The molecule has 2 bridgehead atoms. The lowest BCUT2D eigenvalue weighted by Crippen LogP contribution is -2.40. The SMILES string of the molecule is O=C1NC(=O)[C@H]2[C@@H]3C=C[C@H]([C@@H]4C[C@H]34)[C@@H]12. The molecular weight excluding hydrogens is 178 g/mol. The molecule has 0 radical (unpaired) electrons. The molecule has 3 nitrogen and oxygen atoms in total.